The number of hydrogen-bond donors (Lipinski definition) is 1. The highest BCUT2D eigenvalue weighted by atomic mass is 79.9. The quantitative estimate of drug-likeness (QED) is 0.893. The van der Waals surface area contributed by atoms with Crippen LogP contribution in [-0.2, 0) is 0 Å². The van der Waals surface area contributed by atoms with E-state index in [1.54, 1.807) is 6.26 Å². The summed E-state index contributed by atoms with van der Waals surface area (Å²) in [7, 11) is 0. The molecule has 0 aliphatic heterocycles. The van der Waals surface area contributed by atoms with Gasteiger partial charge in [-0.1, -0.05) is 13.0 Å². The smallest absolute Gasteiger partial charge is 0.135 e. The van der Waals surface area contributed by atoms with Gasteiger partial charge in [0.25, 0.3) is 0 Å². The van der Waals surface area contributed by atoms with Crippen molar-refractivity contribution in [3.8, 4) is 0 Å². The average Bonchev–Trinajstić information content (AvgIpc) is 2.59. The first-order valence-electron chi connectivity index (χ1n) is 4.50. The molecule has 3 heteroatoms. The molecule has 14 heavy (non-hydrogen) atoms. The standard InChI is InChI=1S/C11H11BrO2/c1-7(5-13)8-2-3-11-9(4-8)10(12)6-14-11/h2-4,6-7,13H,5H2,1H3. The Balaban J connectivity index is 2.54. The summed E-state index contributed by atoms with van der Waals surface area (Å²) in [5, 5.41) is 10.1. The first-order valence-corrected chi connectivity index (χ1v) is 5.29. The van der Waals surface area contributed by atoms with Crippen molar-refractivity contribution in [1.29, 1.82) is 0 Å². The number of rotatable bonds is 2. The fourth-order valence-electron chi connectivity index (χ4n) is 1.43. The summed E-state index contributed by atoms with van der Waals surface area (Å²) in [6.45, 7) is 2.16. The predicted molar refractivity (Wildman–Crippen MR) is 59.4 cm³/mol. The first-order chi connectivity index (χ1) is 6.72. The number of halogens is 1. The van der Waals surface area contributed by atoms with Gasteiger partial charge < -0.3 is 9.52 Å². The van der Waals surface area contributed by atoms with Gasteiger partial charge in [0.1, 0.15) is 11.8 Å². The van der Waals surface area contributed by atoms with E-state index in [1.165, 1.54) is 0 Å². The molecular formula is C11H11BrO2. The van der Waals surface area contributed by atoms with Gasteiger partial charge in [-0.3, -0.25) is 0 Å². The van der Waals surface area contributed by atoms with Crippen LogP contribution in [0.2, 0.25) is 0 Å². The number of hydrogen-bond acceptors (Lipinski definition) is 2. The van der Waals surface area contributed by atoms with Crippen molar-refractivity contribution < 1.29 is 9.52 Å². The number of aliphatic hydroxyl groups is 1. The summed E-state index contributed by atoms with van der Waals surface area (Å²) in [5.41, 5.74) is 1.99. The number of fused-ring (bicyclic) bond motifs is 1. The van der Waals surface area contributed by atoms with Crippen molar-refractivity contribution in [2.75, 3.05) is 6.61 Å². The summed E-state index contributed by atoms with van der Waals surface area (Å²) in [4.78, 5) is 0. The molecule has 0 aliphatic carbocycles. The van der Waals surface area contributed by atoms with Crippen LogP contribution in [0, 0.1) is 0 Å². The predicted octanol–water partition coefficient (Wildman–Crippen LogP) is 3.29. The van der Waals surface area contributed by atoms with Gasteiger partial charge in [0.05, 0.1) is 4.47 Å². The first kappa shape index (κ1) is 9.74. The zero-order valence-electron chi connectivity index (χ0n) is 7.83. The van der Waals surface area contributed by atoms with Crippen LogP contribution in [0.15, 0.2) is 33.4 Å². The van der Waals surface area contributed by atoms with Gasteiger partial charge in [-0.2, -0.15) is 0 Å². The van der Waals surface area contributed by atoms with E-state index in [4.69, 9.17) is 9.52 Å². The molecule has 0 radical (unpaired) electrons. The van der Waals surface area contributed by atoms with E-state index in [2.05, 4.69) is 15.9 Å². The van der Waals surface area contributed by atoms with Crippen LogP contribution in [0.3, 0.4) is 0 Å². The highest BCUT2D eigenvalue weighted by Gasteiger charge is 2.08. The van der Waals surface area contributed by atoms with Crippen LogP contribution in [0.5, 0.6) is 0 Å². The van der Waals surface area contributed by atoms with Crippen LogP contribution in [0.4, 0.5) is 0 Å². The van der Waals surface area contributed by atoms with E-state index < -0.39 is 0 Å². The molecule has 0 aliphatic rings. The number of furan rings is 1. The Hall–Kier alpha value is -0.800. The highest BCUT2D eigenvalue weighted by molar-refractivity contribution is 9.10. The van der Waals surface area contributed by atoms with Crippen molar-refractivity contribution in [3.63, 3.8) is 0 Å². The molecule has 1 unspecified atom stereocenters. The van der Waals surface area contributed by atoms with Crippen LogP contribution >= 0.6 is 15.9 Å². The molecule has 2 rings (SSSR count). The van der Waals surface area contributed by atoms with E-state index >= 15 is 0 Å². The Morgan fingerprint density at radius 3 is 3.00 bits per heavy atom. The van der Waals surface area contributed by atoms with Crippen LogP contribution in [-0.4, -0.2) is 11.7 Å². The molecule has 74 valence electrons. The maximum Gasteiger partial charge on any atom is 0.135 e. The summed E-state index contributed by atoms with van der Waals surface area (Å²) in [6.07, 6.45) is 1.68. The monoisotopic (exact) mass is 254 g/mol. The lowest BCUT2D eigenvalue weighted by Gasteiger charge is -2.07. The molecule has 1 N–H and O–H groups in total. The van der Waals surface area contributed by atoms with Crippen LogP contribution < -0.4 is 0 Å². The molecule has 0 amide bonds. The summed E-state index contributed by atoms with van der Waals surface area (Å²) in [6, 6.07) is 5.96. The normalized spacial score (nSPS) is 13.4. The summed E-state index contributed by atoms with van der Waals surface area (Å²) < 4.78 is 6.27. The molecule has 0 saturated heterocycles. The second-order valence-corrected chi connectivity index (χ2v) is 4.28. The van der Waals surface area contributed by atoms with Crippen molar-refractivity contribution in [1.82, 2.24) is 0 Å². The number of benzene rings is 1. The molecular weight excluding hydrogens is 244 g/mol. The lowest BCUT2D eigenvalue weighted by atomic mass is 10.0. The van der Waals surface area contributed by atoms with E-state index in [1.807, 2.05) is 25.1 Å². The third-order valence-electron chi connectivity index (χ3n) is 2.39. The third kappa shape index (κ3) is 1.57. The number of aliphatic hydroxyl groups excluding tert-OH is 1. The van der Waals surface area contributed by atoms with Gasteiger partial charge >= 0.3 is 0 Å². The zero-order valence-corrected chi connectivity index (χ0v) is 9.41. The fourth-order valence-corrected chi connectivity index (χ4v) is 1.83. The fraction of sp³-hybridized carbons (Fsp3) is 0.273. The Morgan fingerprint density at radius 2 is 2.29 bits per heavy atom. The van der Waals surface area contributed by atoms with Crippen molar-refractivity contribution >= 4 is 26.9 Å². The molecule has 0 spiro atoms. The minimum Gasteiger partial charge on any atom is -0.463 e. The van der Waals surface area contributed by atoms with Crippen molar-refractivity contribution in [2.45, 2.75) is 12.8 Å². The highest BCUT2D eigenvalue weighted by Crippen LogP contribution is 2.28. The Kier molecular flexibility index (Phi) is 2.61. The van der Waals surface area contributed by atoms with Gasteiger partial charge in [-0.15, -0.1) is 0 Å². The molecule has 1 aromatic carbocycles. The molecule has 2 aromatic rings. The second-order valence-electron chi connectivity index (χ2n) is 3.42. The van der Waals surface area contributed by atoms with Crippen LogP contribution in [0.25, 0.3) is 11.0 Å². The molecule has 2 nitrogen and oxygen atoms in total. The van der Waals surface area contributed by atoms with Gasteiger partial charge in [0.15, 0.2) is 0 Å². The van der Waals surface area contributed by atoms with Crippen molar-refractivity contribution in [3.05, 3.63) is 34.5 Å². The second kappa shape index (κ2) is 3.75. The van der Waals surface area contributed by atoms with Crippen LogP contribution in [0.1, 0.15) is 18.4 Å². The van der Waals surface area contributed by atoms with E-state index in [9.17, 15) is 0 Å². The maximum atomic E-state index is 9.05. The Labute approximate surface area is 90.7 Å². The molecule has 1 atom stereocenters. The van der Waals surface area contributed by atoms with Crippen molar-refractivity contribution in [2.24, 2.45) is 0 Å². The SMILES string of the molecule is CC(CO)c1ccc2occ(Br)c2c1. The zero-order chi connectivity index (χ0) is 10.1. The lowest BCUT2D eigenvalue weighted by Crippen LogP contribution is -1.97. The summed E-state index contributed by atoms with van der Waals surface area (Å²) >= 11 is 3.42. The minimum absolute atomic E-state index is 0.168. The molecule has 1 heterocycles. The topological polar surface area (TPSA) is 33.4 Å². The summed E-state index contributed by atoms with van der Waals surface area (Å²) in [5.74, 6) is 0.168. The largest absolute Gasteiger partial charge is 0.463 e. The maximum absolute atomic E-state index is 9.05. The molecule has 0 fully saturated rings. The molecule has 0 bridgehead atoms. The van der Waals surface area contributed by atoms with E-state index in [0.29, 0.717) is 0 Å². The van der Waals surface area contributed by atoms with Gasteiger partial charge in [0, 0.05) is 17.9 Å². The van der Waals surface area contributed by atoms with Gasteiger partial charge in [-0.25, -0.2) is 0 Å². The lowest BCUT2D eigenvalue weighted by molar-refractivity contribution is 0.273. The van der Waals surface area contributed by atoms with E-state index in [-0.39, 0.29) is 12.5 Å². The van der Waals surface area contributed by atoms with Gasteiger partial charge in [-0.05, 0) is 33.6 Å². The third-order valence-corrected chi connectivity index (χ3v) is 3.01. The minimum atomic E-state index is 0.168. The Bertz CT molecular complexity index is 447. The average molecular weight is 255 g/mol. The van der Waals surface area contributed by atoms with Gasteiger partial charge in [0.2, 0.25) is 0 Å². The van der Waals surface area contributed by atoms with E-state index in [0.717, 1.165) is 21.0 Å². The Morgan fingerprint density at radius 1 is 1.50 bits per heavy atom. The molecule has 1 aromatic heterocycles. The molecule has 0 saturated carbocycles.